The molecule has 5 heteroatoms. The van der Waals surface area contributed by atoms with Gasteiger partial charge in [-0.15, -0.1) is 6.58 Å². The quantitative estimate of drug-likeness (QED) is 0.581. The average Bonchev–Trinajstić information content (AvgIpc) is 2.92. The highest BCUT2D eigenvalue weighted by atomic mass is 16.6. The predicted octanol–water partition coefficient (Wildman–Crippen LogP) is 3.23. The standard InChI is InChI=1S/C22H36O5/c1-8-21(6,25)15-12-14-20(5)11-9-10-19(3,4)17(20)16(26-13(2)23)18(24)22(14,7)27-15/h8,14-18,24-25H,1,9-12H2,2-7H3/t14-,15+,16-,17-,18+,20+,21+,22-/m0/s1. The van der Waals surface area contributed by atoms with E-state index in [0.29, 0.717) is 6.42 Å². The zero-order chi connectivity index (χ0) is 20.4. The Morgan fingerprint density at radius 3 is 2.48 bits per heavy atom. The van der Waals surface area contributed by atoms with E-state index in [4.69, 9.17) is 9.47 Å². The van der Waals surface area contributed by atoms with Gasteiger partial charge < -0.3 is 19.7 Å². The van der Waals surface area contributed by atoms with Crippen LogP contribution in [0.3, 0.4) is 0 Å². The van der Waals surface area contributed by atoms with E-state index < -0.39 is 29.5 Å². The molecule has 0 aromatic carbocycles. The molecule has 0 bridgehead atoms. The molecule has 0 spiro atoms. The maximum Gasteiger partial charge on any atom is 0.303 e. The second-order valence-electron chi connectivity index (χ2n) is 10.4. The van der Waals surface area contributed by atoms with Crippen LogP contribution in [-0.2, 0) is 14.3 Å². The van der Waals surface area contributed by atoms with Crippen molar-refractivity contribution in [1.29, 1.82) is 0 Å². The van der Waals surface area contributed by atoms with Crippen molar-refractivity contribution >= 4 is 5.97 Å². The number of hydrogen-bond acceptors (Lipinski definition) is 5. The molecule has 3 aliphatic rings. The maximum absolute atomic E-state index is 11.9. The lowest BCUT2D eigenvalue weighted by molar-refractivity contribution is -0.267. The van der Waals surface area contributed by atoms with E-state index in [-0.39, 0.29) is 28.6 Å². The van der Waals surface area contributed by atoms with Gasteiger partial charge in [0.05, 0.1) is 11.7 Å². The van der Waals surface area contributed by atoms with Gasteiger partial charge in [0, 0.05) is 12.8 Å². The number of hydrogen-bond donors (Lipinski definition) is 2. The zero-order valence-corrected chi connectivity index (χ0v) is 17.6. The van der Waals surface area contributed by atoms with Gasteiger partial charge in [0.1, 0.15) is 17.8 Å². The Bertz CT molecular complexity index is 626. The SMILES string of the molecule is C=C[C@@](C)(O)[C@H]1C[C@H]2[C@@]3(C)CCCC(C)(C)[C@@H]3[C@H](OC(C)=O)[C@@H](O)[C@@]2(C)O1. The number of aliphatic hydroxyl groups excluding tert-OH is 1. The van der Waals surface area contributed by atoms with Gasteiger partial charge in [0.15, 0.2) is 0 Å². The summed E-state index contributed by atoms with van der Waals surface area (Å²) in [4.78, 5) is 11.9. The first-order valence-corrected chi connectivity index (χ1v) is 10.2. The van der Waals surface area contributed by atoms with Crippen molar-refractivity contribution in [3.8, 4) is 0 Å². The molecule has 0 unspecified atom stereocenters. The average molecular weight is 381 g/mol. The maximum atomic E-state index is 11.9. The molecule has 2 saturated carbocycles. The minimum absolute atomic E-state index is 0.0340. The topological polar surface area (TPSA) is 76.0 Å². The summed E-state index contributed by atoms with van der Waals surface area (Å²) >= 11 is 0. The first kappa shape index (κ1) is 20.8. The van der Waals surface area contributed by atoms with Gasteiger partial charge in [0.25, 0.3) is 0 Å². The third kappa shape index (κ3) is 2.97. The Morgan fingerprint density at radius 2 is 1.93 bits per heavy atom. The summed E-state index contributed by atoms with van der Waals surface area (Å²) < 4.78 is 12.1. The summed E-state index contributed by atoms with van der Waals surface area (Å²) in [6.07, 6.45) is 3.30. The van der Waals surface area contributed by atoms with Gasteiger partial charge >= 0.3 is 5.97 Å². The molecular weight excluding hydrogens is 344 g/mol. The molecule has 2 N–H and O–H groups in total. The minimum atomic E-state index is -1.17. The third-order valence-electron chi connectivity index (χ3n) is 8.02. The van der Waals surface area contributed by atoms with Crippen LogP contribution in [-0.4, -0.2) is 45.7 Å². The van der Waals surface area contributed by atoms with Gasteiger partial charge in [-0.1, -0.05) is 33.3 Å². The number of rotatable bonds is 3. The summed E-state index contributed by atoms with van der Waals surface area (Å²) in [6, 6.07) is 0. The highest BCUT2D eigenvalue weighted by molar-refractivity contribution is 5.66. The molecule has 3 rings (SSSR count). The van der Waals surface area contributed by atoms with Crippen LogP contribution in [0.2, 0.25) is 0 Å². The lowest BCUT2D eigenvalue weighted by atomic mass is 9.44. The molecule has 1 heterocycles. The van der Waals surface area contributed by atoms with Crippen LogP contribution in [0.15, 0.2) is 12.7 Å². The highest BCUT2D eigenvalue weighted by Crippen LogP contribution is 2.66. The Balaban J connectivity index is 2.10. The van der Waals surface area contributed by atoms with E-state index in [1.165, 1.54) is 13.0 Å². The Labute approximate surface area is 163 Å². The van der Waals surface area contributed by atoms with Crippen molar-refractivity contribution in [2.75, 3.05) is 0 Å². The lowest BCUT2D eigenvalue weighted by Gasteiger charge is -2.63. The van der Waals surface area contributed by atoms with Gasteiger partial charge in [0.2, 0.25) is 0 Å². The monoisotopic (exact) mass is 380 g/mol. The molecule has 0 amide bonds. The summed E-state index contributed by atoms with van der Waals surface area (Å²) in [7, 11) is 0. The molecule has 154 valence electrons. The Morgan fingerprint density at radius 1 is 1.30 bits per heavy atom. The summed E-state index contributed by atoms with van der Waals surface area (Å²) in [5.41, 5.74) is -2.26. The first-order chi connectivity index (χ1) is 12.3. The first-order valence-electron chi connectivity index (χ1n) is 10.2. The smallest absolute Gasteiger partial charge is 0.303 e. The molecule has 0 aromatic rings. The highest BCUT2D eigenvalue weighted by Gasteiger charge is 2.70. The second-order valence-corrected chi connectivity index (χ2v) is 10.4. The molecule has 1 aliphatic heterocycles. The molecule has 27 heavy (non-hydrogen) atoms. The van der Waals surface area contributed by atoms with Crippen molar-refractivity contribution in [2.45, 2.75) is 96.7 Å². The minimum Gasteiger partial charge on any atom is -0.459 e. The van der Waals surface area contributed by atoms with Crippen molar-refractivity contribution < 1.29 is 24.5 Å². The number of aliphatic hydroxyl groups is 2. The van der Waals surface area contributed by atoms with Crippen LogP contribution >= 0.6 is 0 Å². The molecule has 0 radical (unpaired) electrons. The molecule has 1 saturated heterocycles. The van der Waals surface area contributed by atoms with Crippen LogP contribution in [0.5, 0.6) is 0 Å². The van der Waals surface area contributed by atoms with Crippen LogP contribution in [0.4, 0.5) is 0 Å². The van der Waals surface area contributed by atoms with E-state index >= 15 is 0 Å². The third-order valence-corrected chi connectivity index (χ3v) is 8.02. The summed E-state index contributed by atoms with van der Waals surface area (Å²) in [5.74, 6) is -0.281. The Hall–Kier alpha value is -0.910. The van der Waals surface area contributed by atoms with Gasteiger partial charge in [-0.05, 0) is 49.9 Å². The molecule has 0 aromatic heterocycles. The second kappa shape index (κ2) is 6.30. The van der Waals surface area contributed by atoms with Crippen LogP contribution in [0.1, 0.15) is 67.2 Å². The van der Waals surface area contributed by atoms with Crippen molar-refractivity contribution in [3.63, 3.8) is 0 Å². The zero-order valence-electron chi connectivity index (χ0n) is 17.6. The van der Waals surface area contributed by atoms with Gasteiger partial charge in [-0.25, -0.2) is 0 Å². The van der Waals surface area contributed by atoms with Crippen molar-refractivity contribution in [3.05, 3.63) is 12.7 Å². The predicted molar refractivity (Wildman–Crippen MR) is 103 cm³/mol. The summed E-state index contributed by atoms with van der Waals surface area (Å²) in [6.45, 7) is 15.5. The molecule has 2 aliphatic carbocycles. The van der Waals surface area contributed by atoms with Gasteiger partial charge in [-0.3, -0.25) is 4.79 Å². The van der Waals surface area contributed by atoms with E-state index in [2.05, 4.69) is 27.4 Å². The molecule has 8 atom stereocenters. The largest absolute Gasteiger partial charge is 0.459 e. The fourth-order valence-electron chi connectivity index (χ4n) is 6.75. The molecule has 5 nitrogen and oxygen atoms in total. The number of fused-ring (bicyclic) bond motifs is 3. The van der Waals surface area contributed by atoms with E-state index in [1.54, 1.807) is 6.92 Å². The molecular formula is C22H36O5. The summed E-state index contributed by atoms with van der Waals surface area (Å²) in [5, 5.41) is 22.1. The normalized spacial score (nSPS) is 48.1. The lowest BCUT2D eigenvalue weighted by Crippen LogP contribution is -2.69. The van der Waals surface area contributed by atoms with Crippen LogP contribution < -0.4 is 0 Å². The number of carbonyl (C=O) groups excluding carboxylic acids is 1. The number of ether oxygens (including phenoxy) is 2. The van der Waals surface area contributed by atoms with Crippen molar-refractivity contribution in [2.24, 2.45) is 22.7 Å². The van der Waals surface area contributed by atoms with Crippen molar-refractivity contribution in [1.82, 2.24) is 0 Å². The number of esters is 1. The van der Waals surface area contributed by atoms with E-state index in [1.807, 2.05) is 6.92 Å². The van der Waals surface area contributed by atoms with Crippen LogP contribution in [0, 0.1) is 22.7 Å². The fourth-order valence-corrected chi connectivity index (χ4v) is 6.75. The van der Waals surface area contributed by atoms with Crippen LogP contribution in [0.25, 0.3) is 0 Å². The van der Waals surface area contributed by atoms with Gasteiger partial charge in [-0.2, -0.15) is 0 Å². The van der Waals surface area contributed by atoms with E-state index in [0.717, 1.165) is 19.3 Å². The number of carbonyl (C=O) groups is 1. The molecule has 3 fully saturated rings. The Kier molecular flexibility index (Phi) is 4.85. The van der Waals surface area contributed by atoms with E-state index in [9.17, 15) is 15.0 Å². The fraction of sp³-hybridized carbons (Fsp3) is 0.864.